The molecule has 0 fully saturated rings. The third kappa shape index (κ3) is 5.72. The Morgan fingerprint density at radius 3 is 2.40 bits per heavy atom. The lowest BCUT2D eigenvalue weighted by molar-refractivity contribution is 0.125. The van der Waals surface area contributed by atoms with E-state index in [-0.39, 0.29) is 23.8 Å². The van der Waals surface area contributed by atoms with E-state index in [1.807, 2.05) is 13.8 Å². The van der Waals surface area contributed by atoms with E-state index in [4.69, 9.17) is 4.74 Å². The Labute approximate surface area is 204 Å². The van der Waals surface area contributed by atoms with Crippen molar-refractivity contribution in [2.45, 2.75) is 57.6 Å². The van der Waals surface area contributed by atoms with E-state index in [0.29, 0.717) is 41.1 Å². The van der Waals surface area contributed by atoms with Crippen LogP contribution in [0, 0.1) is 0 Å². The van der Waals surface area contributed by atoms with Gasteiger partial charge in [0.15, 0.2) is 5.52 Å². The van der Waals surface area contributed by atoms with E-state index in [1.54, 1.807) is 7.05 Å². The molecule has 0 aliphatic rings. The summed E-state index contributed by atoms with van der Waals surface area (Å²) < 4.78 is 35.3. The van der Waals surface area contributed by atoms with Crippen LogP contribution in [-0.4, -0.2) is 74.6 Å². The van der Waals surface area contributed by atoms with Crippen LogP contribution in [0.4, 0.5) is 0 Å². The van der Waals surface area contributed by atoms with Crippen molar-refractivity contribution < 1.29 is 23.4 Å². The molecule has 3 rings (SSSR count). The molecular formula is C23H33N5O6S. The van der Waals surface area contributed by atoms with Gasteiger partial charge in [-0.25, -0.2) is 13.4 Å². The lowest BCUT2D eigenvalue weighted by Crippen LogP contribution is -2.40. The van der Waals surface area contributed by atoms with Crippen LogP contribution in [0.1, 0.15) is 39.8 Å². The number of hydrogen-bond donors (Lipinski definition) is 3. The standard InChI is InChI=1S/C23H33N5O6S/c1-6-10-34-19-9-8-16(35(32,33)28(12-14(3)29)13-15(4)30)11-17(19)22-24-20-18(7-2)26-27(5)21(20)23(31)25-22/h8-9,11,14-15,29-30H,6-7,10,12-13H2,1-5H3,(H,24,25,31). The molecule has 0 saturated heterocycles. The lowest BCUT2D eigenvalue weighted by atomic mass is 10.1. The highest BCUT2D eigenvalue weighted by Crippen LogP contribution is 2.32. The van der Waals surface area contributed by atoms with Crippen molar-refractivity contribution in [1.82, 2.24) is 24.1 Å². The predicted octanol–water partition coefficient (Wildman–Crippen LogP) is 1.43. The quantitative estimate of drug-likeness (QED) is 0.353. The van der Waals surface area contributed by atoms with Gasteiger partial charge in [0.2, 0.25) is 10.0 Å². The van der Waals surface area contributed by atoms with Gasteiger partial charge < -0.3 is 19.9 Å². The average molecular weight is 508 g/mol. The van der Waals surface area contributed by atoms with Crippen LogP contribution in [0.15, 0.2) is 27.9 Å². The van der Waals surface area contributed by atoms with Gasteiger partial charge in [0.25, 0.3) is 5.56 Å². The van der Waals surface area contributed by atoms with Crippen molar-refractivity contribution >= 4 is 21.1 Å². The first-order valence-electron chi connectivity index (χ1n) is 11.6. The molecule has 2 heterocycles. The first-order valence-corrected chi connectivity index (χ1v) is 13.0. The molecule has 2 aromatic heterocycles. The maximum atomic E-state index is 13.5. The number of rotatable bonds is 11. The number of nitrogens with one attached hydrogen (secondary N) is 1. The fourth-order valence-corrected chi connectivity index (χ4v) is 5.44. The zero-order chi connectivity index (χ0) is 25.9. The van der Waals surface area contributed by atoms with Gasteiger partial charge in [0, 0.05) is 20.1 Å². The summed E-state index contributed by atoms with van der Waals surface area (Å²) in [5, 5.41) is 24.0. The van der Waals surface area contributed by atoms with Gasteiger partial charge in [-0.1, -0.05) is 13.8 Å². The molecule has 0 amide bonds. The fourth-order valence-electron chi connectivity index (χ4n) is 3.81. The van der Waals surface area contributed by atoms with Crippen LogP contribution in [0.3, 0.4) is 0 Å². The number of ether oxygens (including phenoxy) is 1. The Kier molecular flexibility index (Phi) is 8.31. The summed E-state index contributed by atoms with van der Waals surface area (Å²) in [5.41, 5.74) is 1.31. The van der Waals surface area contributed by atoms with Crippen molar-refractivity contribution in [2.75, 3.05) is 19.7 Å². The molecule has 0 aliphatic heterocycles. The number of nitrogens with zero attached hydrogens (tertiary/aromatic N) is 4. The van der Waals surface area contributed by atoms with Crippen molar-refractivity contribution in [3.8, 4) is 17.1 Å². The van der Waals surface area contributed by atoms with Crippen LogP contribution in [0.2, 0.25) is 0 Å². The summed E-state index contributed by atoms with van der Waals surface area (Å²) in [7, 11) is -2.43. The molecule has 11 nitrogen and oxygen atoms in total. The highest BCUT2D eigenvalue weighted by Gasteiger charge is 2.28. The van der Waals surface area contributed by atoms with Crippen LogP contribution in [-0.2, 0) is 23.5 Å². The zero-order valence-electron chi connectivity index (χ0n) is 20.6. The van der Waals surface area contributed by atoms with E-state index >= 15 is 0 Å². The fraction of sp³-hybridized carbons (Fsp3) is 0.522. The number of aliphatic hydroxyl groups is 2. The van der Waals surface area contributed by atoms with Crippen LogP contribution < -0.4 is 10.3 Å². The minimum absolute atomic E-state index is 0.0812. The molecule has 0 spiro atoms. The normalized spacial score (nSPS) is 13.9. The van der Waals surface area contributed by atoms with Gasteiger partial charge >= 0.3 is 0 Å². The zero-order valence-corrected chi connectivity index (χ0v) is 21.5. The largest absolute Gasteiger partial charge is 0.493 e. The minimum Gasteiger partial charge on any atom is -0.493 e. The van der Waals surface area contributed by atoms with E-state index in [2.05, 4.69) is 15.1 Å². The van der Waals surface area contributed by atoms with Crippen molar-refractivity contribution in [1.29, 1.82) is 0 Å². The summed E-state index contributed by atoms with van der Waals surface area (Å²) in [6.45, 7) is 6.81. The molecule has 3 aromatic rings. The Morgan fingerprint density at radius 1 is 1.17 bits per heavy atom. The number of sulfonamides is 1. The van der Waals surface area contributed by atoms with Gasteiger partial charge in [-0.3, -0.25) is 9.48 Å². The second kappa shape index (κ2) is 10.9. The number of aromatic amines is 1. The number of aryl methyl sites for hydroxylation is 2. The molecule has 2 unspecified atom stereocenters. The summed E-state index contributed by atoms with van der Waals surface area (Å²) in [6, 6.07) is 4.32. The number of hydrogen-bond acceptors (Lipinski definition) is 8. The number of fused-ring (bicyclic) bond motifs is 1. The maximum absolute atomic E-state index is 13.5. The molecule has 0 radical (unpaired) electrons. The van der Waals surface area contributed by atoms with Crippen molar-refractivity contribution in [3.63, 3.8) is 0 Å². The highest BCUT2D eigenvalue weighted by atomic mass is 32.2. The number of aliphatic hydroxyl groups excluding tert-OH is 2. The minimum atomic E-state index is -4.10. The second-order valence-corrected chi connectivity index (χ2v) is 10.5. The molecule has 0 bridgehead atoms. The topological polar surface area (TPSA) is 151 Å². The number of H-pyrrole nitrogens is 1. The van der Waals surface area contributed by atoms with Gasteiger partial charge in [-0.2, -0.15) is 9.40 Å². The third-order valence-corrected chi connectivity index (χ3v) is 7.17. The predicted molar refractivity (Wildman–Crippen MR) is 132 cm³/mol. The average Bonchev–Trinajstić information content (AvgIpc) is 3.12. The molecule has 35 heavy (non-hydrogen) atoms. The molecule has 3 N–H and O–H groups in total. The second-order valence-electron chi connectivity index (χ2n) is 8.56. The first-order chi connectivity index (χ1) is 16.5. The van der Waals surface area contributed by atoms with Crippen molar-refractivity contribution in [2.24, 2.45) is 7.05 Å². The molecular weight excluding hydrogens is 474 g/mol. The summed E-state index contributed by atoms with van der Waals surface area (Å²) in [4.78, 5) is 20.2. The highest BCUT2D eigenvalue weighted by molar-refractivity contribution is 7.89. The molecule has 0 saturated carbocycles. The molecule has 1 aromatic carbocycles. The lowest BCUT2D eigenvalue weighted by Gasteiger charge is -2.25. The van der Waals surface area contributed by atoms with Crippen LogP contribution in [0.5, 0.6) is 5.75 Å². The van der Waals surface area contributed by atoms with Gasteiger partial charge in [-0.15, -0.1) is 0 Å². The Bertz CT molecular complexity index is 1340. The van der Waals surface area contributed by atoms with Gasteiger partial charge in [-0.05, 0) is 44.9 Å². The molecule has 192 valence electrons. The summed E-state index contributed by atoms with van der Waals surface area (Å²) in [5.74, 6) is 0.527. The van der Waals surface area contributed by atoms with E-state index in [0.717, 1.165) is 10.7 Å². The summed E-state index contributed by atoms with van der Waals surface area (Å²) in [6.07, 6.45) is -0.585. The SMILES string of the molecule is CCCOc1ccc(S(=O)(=O)N(CC(C)O)CC(C)O)cc1-c1nc2c(CC)nn(C)c2c(=O)[nH]1. The third-order valence-electron chi connectivity index (χ3n) is 5.34. The first kappa shape index (κ1) is 26.8. The van der Waals surface area contributed by atoms with Crippen LogP contribution in [0.25, 0.3) is 22.4 Å². The Balaban J connectivity index is 2.22. The van der Waals surface area contributed by atoms with Crippen molar-refractivity contribution in [3.05, 3.63) is 34.2 Å². The summed E-state index contributed by atoms with van der Waals surface area (Å²) >= 11 is 0. The number of aromatic nitrogens is 4. The smallest absolute Gasteiger partial charge is 0.277 e. The molecule has 2 atom stereocenters. The van der Waals surface area contributed by atoms with E-state index < -0.39 is 27.8 Å². The van der Waals surface area contributed by atoms with E-state index in [1.165, 1.54) is 36.7 Å². The number of benzene rings is 1. The maximum Gasteiger partial charge on any atom is 0.277 e. The molecule has 0 aliphatic carbocycles. The van der Waals surface area contributed by atoms with Crippen LogP contribution >= 0.6 is 0 Å². The molecule has 12 heteroatoms. The Hall–Kier alpha value is -2.80. The van der Waals surface area contributed by atoms with Gasteiger partial charge in [0.1, 0.15) is 17.1 Å². The van der Waals surface area contributed by atoms with E-state index in [9.17, 15) is 23.4 Å². The Morgan fingerprint density at radius 2 is 1.83 bits per heavy atom. The monoisotopic (exact) mass is 507 g/mol. The van der Waals surface area contributed by atoms with Gasteiger partial charge in [0.05, 0.1) is 35.0 Å².